The first-order chi connectivity index (χ1) is 8.67. The van der Waals surface area contributed by atoms with Crippen LogP contribution in [0.25, 0.3) is 5.69 Å². The minimum absolute atomic E-state index is 0.209. The Balaban J connectivity index is 2.50. The summed E-state index contributed by atoms with van der Waals surface area (Å²) in [6.45, 7) is 6.20. The summed E-state index contributed by atoms with van der Waals surface area (Å²) in [7, 11) is 0. The molecule has 0 unspecified atom stereocenters. The molecule has 1 aromatic heterocycles. The average Bonchev–Trinajstić information content (AvgIpc) is 2.82. The van der Waals surface area contributed by atoms with Crippen molar-refractivity contribution in [2.75, 3.05) is 0 Å². The van der Waals surface area contributed by atoms with E-state index in [1.165, 1.54) is 5.56 Å². The molecule has 2 aromatic rings. The highest BCUT2D eigenvalue weighted by Gasteiger charge is 2.16. The molecule has 0 N–H and O–H groups in total. The molecule has 4 nitrogen and oxygen atoms in total. The van der Waals surface area contributed by atoms with Crippen LogP contribution in [0.5, 0.6) is 0 Å². The topological polar surface area (TPSA) is 54.5 Å². The van der Waals surface area contributed by atoms with E-state index in [1.807, 2.05) is 26.0 Å². The quantitative estimate of drug-likeness (QED) is 0.829. The predicted molar refractivity (Wildman–Crippen MR) is 69.5 cm³/mol. The molecule has 92 valence electrons. The molecule has 0 radical (unpaired) electrons. The van der Waals surface area contributed by atoms with E-state index < -0.39 is 0 Å². The van der Waals surface area contributed by atoms with Crippen molar-refractivity contribution in [2.45, 2.75) is 33.1 Å². The van der Waals surface area contributed by atoms with Gasteiger partial charge in [-0.3, -0.25) is 0 Å². The molecule has 2 rings (SSSR count). The Labute approximate surface area is 107 Å². The largest absolute Gasteiger partial charge is 0.216 e. The number of hydrogen-bond acceptors (Lipinski definition) is 3. The lowest BCUT2D eigenvalue weighted by molar-refractivity contribution is 0.715. The molecular formula is C14H16N4. The van der Waals surface area contributed by atoms with Gasteiger partial charge in [-0.1, -0.05) is 38.1 Å². The van der Waals surface area contributed by atoms with Crippen LogP contribution in [0.15, 0.2) is 24.3 Å². The number of hydrogen-bond donors (Lipinski definition) is 0. The fourth-order valence-corrected chi connectivity index (χ4v) is 1.95. The fourth-order valence-electron chi connectivity index (χ4n) is 1.95. The molecule has 0 amide bonds. The third-order valence-electron chi connectivity index (χ3n) is 2.95. The molecular weight excluding hydrogens is 224 g/mol. The van der Waals surface area contributed by atoms with Gasteiger partial charge in [0.1, 0.15) is 6.07 Å². The van der Waals surface area contributed by atoms with Crippen molar-refractivity contribution in [2.24, 2.45) is 0 Å². The monoisotopic (exact) mass is 240 g/mol. The lowest BCUT2D eigenvalue weighted by Crippen LogP contribution is -2.04. The van der Waals surface area contributed by atoms with Crippen LogP contribution in [0.1, 0.15) is 43.6 Å². The predicted octanol–water partition coefficient (Wildman–Crippen LogP) is 2.82. The lowest BCUT2D eigenvalue weighted by Gasteiger charge is -2.09. The van der Waals surface area contributed by atoms with Gasteiger partial charge in [0.15, 0.2) is 5.69 Å². The van der Waals surface area contributed by atoms with Crippen molar-refractivity contribution in [1.82, 2.24) is 15.0 Å². The normalized spacial score (nSPS) is 10.6. The summed E-state index contributed by atoms with van der Waals surface area (Å²) >= 11 is 0. The lowest BCUT2D eigenvalue weighted by atomic mass is 10.1. The van der Waals surface area contributed by atoms with Gasteiger partial charge >= 0.3 is 0 Å². The maximum absolute atomic E-state index is 9.04. The van der Waals surface area contributed by atoms with E-state index in [0.717, 1.165) is 17.8 Å². The maximum Gasteiger partial charge on any atom is 0.186 e. The zero-order valence-electron chi connectivity index (χ0n) is 10.9. The zero-order chi connectivity index (χ0) is 13.1. The Morgan fingerprint density at radius 1 is 1.28 bits per heavy atom. The second-order valence-electron chi connectivity index (χ2n) is 4.52. The molecule has 0 atom stereocenters. The Bertz CT molecular complexity index is 573. The van der Waals surface area contributed by atoms with Crippen LogP contribution in [0.2, 0.25) is 0 Å². The van der Waals surface area contributed by atoms with Gasteiger partial charge in [0.25, 0.3) is 0 Å². The smallest absolute Gasteiger partial charge is 0.186 e. The molecule has 4 heteroatoms. The number of aromatic nitrogens is 3. The first kappa shape index (κ1) is 12.3. The van der Waals surface area contributed by atoms with Gasteiger partial charge in [0.2, 0.25) is 0 Å². The van der Waals surface area contributed by atoms with Crippen molar-refractivity contribution in [3.05, 3.63) is 41.2 Å². The highest BCUT2D eigenvalue weighted by atomic mass is 15.4. The van der Waals surface area contributed by atoms with E-state index in [-0.39, 0.29) is 5.92 Å². The number of benzene rings is 1. The van der Waals surface area contributed by atoms with Crippen molar-refractivity contribution in [1.29, 1.82) is 5.26 Å². The van der Waals surface area contributed by atoms with E-state index in [0.29, 0.717) is 5.69 Å². The van der Waals surface area contributed by atoms with Gasteiger partial charge in [-0.2, -0.15) is 5.26 Å². The van der Waals surface area contributed by atoms with Crippen LogP contribution in [0, 0.1) is 11.3 Å². The van der Waals surface area contributed by atoms with Gasteiger partial charge in [-0.05, 0) is 30.0 Å². The molecule has 0 fully saturated rings. The second kappa shape index (κ2) is 5.01. The summed E-state index contributed by atoms with van der Waals surface area (Å²) in [5.74, 6) is 0.209. The minimum atomic E-state index is 0.209. The van der Waals surface area contributed by atoms with Crippen LogP contribution >= 0.6 is 0 Å². The highest BCUT2D eigenvalue weighted by molar-refractivity contribution is 5.39. The standard InChI is InChI=1S/C14H16N4/c1-4-11-5-7-12(8-6-11)18-14(10(2)3)13(9-15)16-17-18/h5-8,10H,4H2,1-3H3. The highest BCUT2D eigenvalue weighted by Crippen LogP contribution is 2.21. The van der Waals surface area contributed by atoms with E-state index in [1.54, 1.807) is 4.68 Å². The SMILES string of the molecule is CCc1ccc(-n2nnc(C#N)c2C(C)C)cc1. The molecule has 0 aliphatic rings. The van der Waals surface area contributed by atoms with Gasteiger partial charge in [0, 0.05) is 0 Å². The Morgan fingerprint density at radius 2 is 1.94 bits per heavy atom. The van der Waals surface area contributed by atoms with Crippen LogP contribution in [-0.4, -0.2) is 15.0 Å². The third kappa shape index (κ3) is 2.12. The van der Waals surface area contributed by atoms with Crippen LogP contribution < -0.4 is 0 Å². The summed E-state index contributed by atoms with van der Waals surface area (Å²) in [5.41, 5.74) is 3.50. The number of nitrogens with zero attached hydrogens (tertiary/aromatic N) is 4. The summed E-state index contributed by atoms with van der Waals surface area (Å²) < 4.78 is 1.75. The maximum atomic E-state index is 9.04. The Hall–Kier alpha value is -2.15. The summed E-state index contributed by atoms with van der Waals surface area (Å²) in [5, 5.41) is 17.0. The average molecular weight is 240 g/mol. The first-order valence-electron chi connectivity index (χ1n) is 6.12. The van der Waals surface area contributed by atoms with Crippen molar-refractivity contribution < 1.29 is 0 Å². The van der Waals surface area contributed by atoms with E-state index >= 15 is 0 Å². The number of aryl methyl sites for hydroxylation is 1. The summed E-state index contributed by atoms with van der Waals surface area (Å²) in [6.07, 6.45) is 1.01. The van der Waals surface area contributed by atoms with Gasteiger partial charge < -0.3 is 0 Å². The van der Waals surface area contributed by atoms with E-state index in [9.17, 15) is 0 Å². The van der Waals surface area contributed by atoms with E-state index in [2.05, 4.69) is 35.4 Å². The van der Waals surface area contributed by atoms with Crippen molar-refractivity contribution in [3.8, 4) is 11.8 Å². The molecule has 0 saturated carbocycles. The molecule has 0 bridgehead atoms. The molecule has 1 heterocycles. The van der Waals surface area contributed by atoms with Crippen LogP contribution in [0.4, 0.5) is 0 Å². The first-order valence-corrected chi connectivity index (χ1v) is 6.12. The Morgan fingerprint density at radius 3 is 2.44 bits per heavy atom. The second-order valence-corrected chi connectivity index (χ2v) is 4.52. The van der Waals surface area contributed by atoms with Gasteiger partial charge in [-0.15, -0.1) is 5.10 Å². The summed E-state index contributed by atoms with van der Waals surface area (Å²) in [6, 6.07) is 10.3. The number of rotatable bonds is 3. The number of nitriles is 1. The van der Waals surface area contributed by atoms with Crippen LogP contribution in [-0.2, 0) is 6.42 Å². The molecule has 0 saturated heterocycles. The van der Waals surface area contributed by atoms with Crippen molar-refractivity contribution >= 4 is 0 Å². The van der Waals surface area contributed by atoms with Gasteiger partial charge in [-0.25, -0.2) is 4.68 Å². The van der Waals surface area contributed by atoms with Crippen molar-refractivity contribution in [3.63, 3.8) is 0 Å². The molecule has 1 aromatic carbocycles. The minimum Gasteiger partial charge on any atom is -0.216 e. The van der Waals surface area contributed by atoms with E-state index in [4.69, 9.17) is 5.26 Å². The molecule has 0 aliphatic carbocycles. The summed E-state index contributed by atoms with van der Waals surface area (Å²) in [4.78, 5) is 0. The Kier molecular flexibility index (Phi) is 3.42. The molecule has 0 aliphatic heterocycles. The molecule has 18 heavy (non-hydrogen) atoms. The van der Waals surface area contributed by atoms with Crippen LogP contribution in [0.3, 0.4) is 0 Å². The fraction of sp³-hybridized carbons (Fsp3) is 0.357. The zero-order valence-corrected chi connectivity index (χ0v) is 10.9. The van der Waals surface area contributed by atoms with Gasteiger partial charge in [0.05, 0.1) is 11.4 Å². The molecule has 0 spiro atoms. The third-order valence-corrected chi connectivity index (χ3v) is 2.95.